The highest BCUT2D eigenvalue weighted by Gasteiger charge is 2.36. The van der Waals surface area contributed by atoms with Crippen molar-refractivity contribution in [3.8, 4) is 0 Å². The highest BCUT2D eigenvalue weighted by molar-refractivity contribution is 4.99. The van der Waals surface area contributed by atoms with Gasteiger partial charge in [0.25, 0.3) is 0 Å². The number of aromatic nitrogens is 2. The molecule has 1 aromatic rings. The molecule has 1 aliphatic rings. The molecule has 1 aliphatic carbocycles. The van der Waals surface area contributed by atoms with Crippen LogP contribution in [-0.4, -0.2) is 27.0 Å². The van der Waals surface area contributed by atoms with Gasteiger partial charge in [0.2, 0.25) is 0 Å². The van der Waals surface area contributed by atoms with Gasteiger partial charge in [0.05, 0.1) is 11.3 Å². The molecule has 0 aromatic carbocycles. The van der Waals surface area contributed by atoms with Crippen LogP contribution in [0, 0.1) is 5.41 Å². The summed E-state index contributed by atoms with van der Waals surface area (Å²) < 4.78 is 1.80. The molecule has 0 amide bonds. The normalized spacial score (nSPS) is 22.0. The van der Waals surface area contributed by atoms with Crippen LogP contribution in [0.25, 0.3) is 0 Å². The van der Waals surface area contributed by atoms with Gasteiger partial charge >= 0.3 is 0 Å². The Kier molecular flexibility index (Phi) is 3.78. The van der Waals surface area contributed by atoms with Crippen molar-refractivity contribution >= 4 is 0 Å². The maximum atomic E-state index is 10.5. The van der Waals surface area contributed by atoms with Crippen LogP contribution in [0.15, 0.2) is 12.3 Å². The maximum absolute atomic E-state index is 10.5. The van der Waals surface area contributed by atoms with Gasteiger partial charge in [-0.3, -0.25) is 4.68 Å². The van der Waals surface area contributed by atoms with E-state index in [1.54, 1.807) is 4.68 Å². The number of aryl methyl sites for hydroxylation is 1. The summed E-state index contributed by atoms with van der Waals surface area (Å²) in [4.78, 5) is 0. The van der Waals surface area contributed by atoms with E-state index in [9.17, 15) is 5.11 Å². The quantitative estimate of drug-likeness (QED) is 0.858. The van der Waals surface area contributed by atoms with Crippen molar-refractivity contribution < 1.29 is 5.11 Å². The van der Waals surface area contributed by atoms with Gasteiger partial charge in [-0.2, -0.15) is 5.10 Å². The Morgan fingerprint density at radius 3 is 2.56 bits per heavy atom. The molecule has 1 saturated carbocycles. The molecule has 4 nitrogen and oxygen atoms in total. The molecule has 0 saturated heterocycles. The van der Waals surface area contributed by atoms with Crippen LogP contribution >= 0.6 is 0 Å². The molecule has 0 aliphatic heterocycles. The molecule has 4 heteroatoms. The van der Waals surface area contributed by atoms with Gasteiger partial charge in [0.15, 0.2) is 0 Å². The highest BCUT2D eigenvalue weighted by atomic mass is 16.3. The zero-order valence-corrected chi connectivity index (χ0v) is 11.7. The predicted molar refractivity (Wildman–Crippen MR) is 72.1 cm³/mol. The third-order valence-electron chi connectivity index (χ3n) is 4.06. The second kappa shape index (κ2) is 5.02. The molecule has 1 heterocycles. The second-order valence-corrected chi connectivity index (χ2v) is 6.47. The van der Waals surface area contributed by atoms with E-state index in [4.69, 9.17) is 0 Å². The Bertz CT molecular complexity index is 387. The Balaban J connectivity index is 1.76. The van der Waals surface area contributed by atoms with E-state index < -0.39 is 5.60 Å². The van der Waals surface area contributed by atoms with E-state index in [0.29, 0.717) is 12.0 Å². The topological polar surface area (TPSA) is 50.1 Å². The van der Waals surface area contributed by atoms with E-state index in [2.05, 4.69) is 24.3 Å². The Morgan fingerprint density at radius 1 is 1.33 bits per heavy atom. The molecule has 2 rings (SSSR count). The first kappa shape index (κ1) is 13.6. The van der Waals surface area contributed by atoms with Gasteiger partial charge < -0.3 is 10.4 Å². The summed E-state index contributed by atoms with van der Waals surface area (Å²) in [6.07, 6.45) is 5.95. The standard InChI is InChI=1S/C14H25N3O/c1-13(2)5-7-14(18,8-6-13)11-15-10-12-4-9-17(3)16-12/h4,9,15,18H,5-8,10-11H2,1-3H3. The molecule has 0 atom stereocenters. The lowest BCUT2D eigenvalue weighted by atomic mass is 9.71. The van der Waals surface area contributed by atoms with Gasteiger partial charge in [0, 0.05) is 26.3 Å². The first-order valence-electron chi connectivity index (χ1n) is 6.80. The summed E-state index contributed by atoms with van der Waals surface area (Å²) in [5, 5.41) is 18.1. The fourth-order valence-electron chi connectivity index (χ4n) is 2.55. The average Bonchev–Trinajstić information content (AvgIpc) is 2.70. The zero-order valence-electron chi connectivity index (χ0n) is 11.7. The Morgan fingerprint density at radius 2 is 2.00 bits per heavy atom. The first-order valence-corrected chi connectivity index (χ1v) is 6.80. The molecular formula is C14H25N3O. The summed E-state index contributed by atoms with van der Waals surface area (Å²) >= 11 is 0. The van der Waals surface area contributed by atoms with Crippen molar-refractivity contribution in [1.82, 2.24) is 15.1 Å². The molecular weight excluding hydrogens is 226 g/mol. The van der Waals surface area contributed by atoms with Gasteiger partial charge in [-0.25, -0.2) is 0 Å². The highest BCUT2D eigenvalue weighted by Crippen LogP contribution is 2.39. The molecule has 1 fully saturated rings. The summed E-state index contributed by atoms with van der Waals surface area (Å²) in [6.45, 7) is 5.97. The number of hydrogen-bond acceptors (Lipinski definition) is 3. The molecule has 0 spiro atoms. The van der Waals surface area contributed by atoms with Crippen LogP contribution in [-0.2, 0) is 13.6 Å². The monoisotopic (exact) mass is 251 g/mol. The SMILES string of the molecule is Cn1ccc(CNCC2(O)CCC(C)(C)CC2)n1. The van der Waals surface area contributed by atoms with Crippen molar-refractivity contribution in [3.05, 3.63) is 18.0 Å². The van der Waals surface area contributed by atoms with Crippen LogP contribution in [0.5, 0.6) is 0 Å². The van der Waals surface area contributed by atoms with Crippen LogP contribution in [0.1, 0.15) is 45.2 Å². The van der Waals surface area contributed by atoms with Crippen molar-refractivity contribution in [2.24, 2.45) is 12.5 Å². The third kappa shape index (κ3) is 3.56. The fraction of sp³-hybridized carbons (Fsp3) is 0.786. The minimum atomic E-state index is -0.524. The lowest BCUT2D eigenvalue weighted by Crippen LogP contribution is -2.44. The molecule has 102 valence electrons. The van der Waals surface area contributed by atoms with Crippen LogP contribution in [0.3, 0.4) is 0 Å². The largest absolute Gasteiger partial charge is 0.389 e. The van der Waals surface area contributed by atoms with Gasteiger partial charge in [0.1, 0.15) is 0 Å². The molecule has 18 heavy (non-hydrogen) atoms. The summed E-state index contributed by atoms with van der Waals surface area (Å²) in [5.41, 5.74) is 0.898. The van der Waals surface area contributed by atoms with Gasteiger partial charge in [-0.15, -0.1) is 0 Å². The van der Waals surface area contributed by atoms with Crippen LogP contribution in [0.4, 0.5) is 0 Å². The lowest BCUT2D eigenvalue weighted by molar-refractivity contribution is -0.0245. The van der Waals surface area contributed by atoms with Crippen molar-refractivity contribution in [2.75, 3.05) is 6.54 Å². The first-order chi connectivity index (χ1) is 8.39. The molecule has 2 N–H and O–H groups in total. The summed E-state index contributed by atoms with van der Waals surface area (Å²) in [5.74, 6) is 0. The average molecular weight is 251 g/mol. The fourth-order valence-corrected chi connectivity index (χ4v) is 2.55. The maximum Gasteiger partial charge on any atom is 0.0772 e. The third-order valence-corrected chi connectivity index (χ3v) is 4.06. The minimum Gasteiger partial charge on any atom is -0.389 e. The van der Waals surface area contributed by atoms with E-state index in [-0.39, 0.29) is 0 Å². The van der Waals surface area contributed by atoms with E-state index in [1.807, 2.05) is 19.3 Å². The van der Waals surface area contributed by atoms with Crippen LogP contribution in [0.2, 0.25) is 0 Å². The minimum absolute atomic E-state index is 0.396. The van der Waals surface area contributed by atoms with Gasteiger partial charge in [-0.1, -0.05) is 13.8 Å². The number of nitrogens with one attached hydrogen (secondary N) is 1. The molecule has 0 bridgehead atoms. The Labute approximate surface area is 109 Å². The van der Waals surface area contributed by atoms with E-state index in [0.717, 1.165) is 37.9 Å². The van der Waals surface area contributed by atoms with Crippen molar-refractivity contribution in [3.63, 3.8) is 0 Å². The van der Waals surface area contributed by atoms with E-state index >= 15 is 0 Å². The predicted octanol–water partition coefficient (Wildman–Crippen LogP) is 1.84. The molecule has 0 radical (unpaired) electrons. The Hall–Kier alpha value is -0.870. The van der Waals surface area contributed by atoms with Gasteiger partial charge in [-0.05, 0) is 37.2 Å². The molecule has 0 unspecified atom stereocenters. The summed E-state index contributed by atoms with van der Waals surface area (Å²) in [6, 6.07) is 2.00. The lowest BCUT2D eigenvalue weighted by Gasteiger charge is -2.40. The molecule has 1 aromatic heterocycles. The number of rotatable bonds is 4. The number of hydrogen-bond donors (Lipinski definition) is 2. The van der Waals surface area contributed by atoms with Crippen LogP contribution < -0.4 is 5.32 Å². The van der Waals surface area contributed by atoms with Crippen molar-refractivity contribution in [2.45, 2.75) is 51.7 Å². The zero-order chi connectivity index (χ0) is 13.2. The number of nitrogens with zero attached hydrogens (tertiary/aromatic N) is 2. The smallest absolute Gasteiger partial charge is 0.0772 e. The number of aliphatic hydroxyl groups is 1. The van der Waals surface area contributed by atoms with Crippen molar-refractivity contribution in [1.29, 1.82) is 0 Å². The second-order valence-electron chi connectivity index (χ2n) is 6.47. The summed E-state index contributed by atoms with van der Waals surface area (Å²) in [7, 11) is 1.92. The van der Waals surface area contributed by atoms with E-state index in [1.165, 1.54) is 0 Å².